The summed E-state index contributed by atoms with van der Waals surface area (Å²) in [5.41, 5.74) is 1.82. The van der Waals surface area contributed by atoms with Crippen LogP contribution < -0.4 is 4.90 Å². The Morgan fingerprint density at radius 1 is 1.12 bits per heavy atom. The third-order valence-electron chi connectivity index (χ3n) is 5.38. The first-order valence-corrected chi connectivity index (χ1v) is 12.2. The molecule has 0 bridgehead atoms. The highest BCUT2D eigenvalue weighted by molar-refractivity contribution is 7.10. The molecular weight excluding hydrogens is 483 g/mol. The van der Waals surface area contributed by atoms with Crippen molar-refractivity contribution in [1.29, 1.82) is 0 Å². The number of thiazole rings is 1. The Bertz CT molecular complexity index is 1120. The van der Waals surface area contributed by atoms with Crippen LogP contribution in [0, 0.1) is 5.92 Å². The second-order valence-corrected chi connectivity index (χ2v) is 9.47. The Kier molecular flexibility index (Phi) is 7.57. The minimum Gasteiger partial charge on any atom is -0.466 e. The number of aromatic nitrogens is 3. The zero-order chi connectivity index (χ0) is 23.4. The van der Waals surface area contributed by atoms with E-state index < -0.39 is 0 Å². The fraction of sp³-hybridized carbons (Fsp3) is 0.348. The molecule has 1 aliphatic heterocycles. The van der Waals surface area contributed by atoms with Crippen LogP contribution in [0.5, 0.6) is 0 Å². The molecule has 1 aromatic carbocycles. The van der Waals surface area contributed by atoms with E-state index in [1.807, 2.05) is 12.3 Å². The monoisotopic (exact) mass is 504 g/mol. The number of piperidine rings is 1. The summed E-state index contributed by atoms with van der Waals surface area (Å²) in [6.07, 6.45) is 4.67. The van der Waals surface area contributed by atoms with E-state index in [9.17, 15) is 9.59 Å². The van der Waals surface area contributed by atoms with Crippen LogP contribution in [0.15, 0.2) is 36.0 Å². The van der Waals surface area contributed by atoms with Crippen molar-refractivity contribution in [1.82, 2.24) is 15.0 Å². The van der Waals surface area contributed by atoms with Crippen molar-refractivity contribution in [3.05, 3.63) is 56.7 Å². The van der Waals surface area contributed by atoms with Crippen molar-refractivity contribution in [3.8, 4) is 11.3 Å². The van der Waals surface area contributed by atoms with Gasteiger partial charge in [-0.25, -0.2) is 15.0 Å². The standard InChI is InChI=1S/C23H22Cl2N4O3S/c1-2-32-23(31)14-3-5-29(6-4-14)21-12-26-18(11-27-21)20(30)10-22-28-19(13-33-22)15-7-16(24)9-17(25)8-15/h7-9,11-14H,2-6,10H2,1H3. The number of benzene rings is 1. The lowest BCUT2D eigenvalue weighted by Crippen LogP contribution is -2.37. The molecule has 0 atom stereocenters. The summed E-state index contributed by atoms with van der Waals surface area (Å²) in [4.78, 5) is 39.9. The number of Topliss-reactive ketones (excluding diaryl/α,β-unsaturated/α-hetero) is 1. The van der Waals surface area contributed by atoms with Gasteiger partial charge in [-0.2, -0.15) is 0 Å². The topological polar surface area (TPSA) is 85.3 Å². The van der Waals surface area contributed by atoms with Crippen LogP contribution in [0.4, 0.5) is 5.82 Å². The van der Waals surface area contributed by atoms with Gasteiger partial charge in [-0.1, -0.05) is 23.2 Å². The molecule has 33 heavy (non-hydrogen) atoms. The summed E-state index contributed by atoms with van der Waals surface area (Å²) >= 11 is 13.5. The van der Waals surface area contributed by atoms with Crippen molar-refractivity contribution in [2.24, 2.45) is 5.92 Å². The van der Waals surface area contributed by atoms with E-state index in [1.165, 1.54) is 17.5 Å². The quantitative estimate of drug-likeness (QED) is 0.326. The molecule has 3 heterocycles. The number of carbonyl (C=O) groups is 2. The normalized spacial score (nSPS) is 14.3. The Balaban J connectivity index is 1.36. The molecule has 172 valence electrons. The van der Waals surface area contributed by atoms with Gasteiger partial charge in [-0.3, -0.25) is 9.59 Å². The summed E-state index contributed by atoms with van der Waals surface area (Å²) in [6.45, 7) is 3.60. The molecule has 1 aliphatic rings. The molecular formula is C23H22Cl2N4O3S. The second-order valence-electron chi connectivity index (χ2n) is 7.66. The molecule has 1 saturated heterocycles. The van der Waals surface area contributed by atoms with Crippen LogP contribution >= 0.6 is 34.5 Å². The fourth-order valence-corrected chi connectivity index (χ4v) is 5.02. The second kappa shape index (κ2) is 10.6. The smallest absolute Gasteiger partial charge is 0.309 e. The summed E-state index contributed by atoms with van der Waals surface area (Å²) in [7, 11) is 0. The first-order chi connectivity index (χ1) is 15.9. The van der Waals surface area contributed by atoms with Crippen molar-refractivity contribution in [2.75, 3.05) is 24.6 Å². The number of hydrogen-bond acceptors (Lipinski definition) is 8. The van der Waals surface area contributed by atoms with E-state index >= 15 is 0 Å². The molecule has 0 unspecified atom stereocenters. The van der Waals surface area contributed by atoms with Gasteiger partial charge in [0.25, 0.3) is 0 Å². The van der Waals surface area contributed by atoms with E-state index in [4.69, 9.17) is 27.9 Å². The molecule has 3 aromatic rings. The van der Waals surface area contributed by atoms with Gasteiger partial charge < -0.3 is 9.64 Å². The number of carbonyl (C=O) groups excluding carboxylic acids is 2. The van der Waals surface area contributed by atoms with E-state index in [0.717, 1.165) is 11.3 Å². The summed E-state index contributed by atoms with van der Waals surface area (Å²) in [5.74, 6) is 0.345. The van der Waals surface area contributed by atoms with Gasteiger partial charge >= 0.3 is 5.97 Å². The molecule has 0 saturated carbocycles. The zero-order valence-electron chi connectivity index (χ0n) is 18.0. The average Bonchev–Trinajstić information content (AvgIpc) is 3.27. The maximum atomic E-state index is 12.7. The predicted octanol–water partition coefficient (Wildman–Crippen LogP) is 5.11. The fourth-order valence-electron chi connectivity index (χ4n) is 3.69. The number of nitrogens with zero attached hydrogens (tertiary/aromatic N) is 4. The Labute approximate surface area is 205 Å². The van der Waals surface area contributed by atoms with Crippen molar-refractivity contribution in [3.63, 3.8) is 0 Å². The summed E-state index contributed by atoms with van der Waals surface area (Å²) in [5, 5.41) is 3.62. The number of rotatable bonds is 7. The molecule has 2 aromatic heterocycles. The van der Waals surface area contributed by atoms with Gasteiger partial charge in [0, 0.05) is 34.1 Å². The highest BCUT2D eigenvalue weighted by Gasteiger charge is 2.26. The van der Waals surface area contributed by atoms with Gasteiger partial charge in [0.1, 0.15) is 16.5 Å². The molecule has 10 heteroatoms. The highest BCUT2D eigenvalue weighted by atomic mass is 35.5. The van der Waals surface area contributed by atoms with Gasteiger partial charge in [0.15, 0.2) is 5.78 Å². The van der Waals surface area contributed by atoms with Crippen LogP contribution in [0.2, 0.25) is 10.0 Å². The first kappa shape index (κ1) is 23.6. The number of hydrogen-bond donors (Lipinski definition) is 0. The van der Waals surface area contributed by atoms with Crippen molar-refractivity contribution < 1.29 is 14.3 Å². The predicted molar refractivity (Wildman–Crippen MR) is 129 cm³/mol. The van der Waals surface area contributed by atoms with Crippen LogP contribution in [-0.4, -0.2) is 46.4 Å². The minimum atomic E-state index is -0.153. The van der Waals surface area contributed by atoms with Gasteiger partial charge in [-0.15, -0.1) is 11.3 Å². The van der Waals surface area contributed by atoms with Crippen molar-refractivity contribution in [2.45, 2.75) is 26.2 Å². The largest absolute Gasteiger partial charge is 0.466 e. The SMILES string of the molecule is CCOC(=O)C1CCN(c2cnc(C(=O)Cc3nc(-c4cc(Cl)cc(Cl)c4)cs3)cn2)CC1. The van der Waals surface area contributed by atoms with E-state index in [-0.39, 0.29) is 24.1 Å². The molecule has 4 rings (SSSR count). The average molecular weight is 505 g/mol. The minimum absolute atomic E-state index is 0.0684. The molecule has 0 radical (unpaired) electrons. The number of ether oxygens (including phenoxy) is 1. The lowest BCUT2D eigenvalue weighted by atomic mass is 9.97. The summed E-state index contributed by atoms with van der Waals surface area (Å²) in [6, 6.07) is 5.23. The molecule has 0 N–H and O–H groups in total. The van der Waals surface area contributed by atoms with Crippen LogP contribution in [0.3, 0.4) is 0 Å². The lowest BCUT2D eigenvalue weighted by molar-refractivity contribution is -0.148. The Hall–Kier alpha value is -2.55. The lowest BCUT2D eigenvalue weighted by Gasteiger charge is -2.31. The number of ketones is 1. The maximum Gasteiger partial charge on any atom is 0.309 e. The Morgan fingerprint density at radius 2 is 1.85 bits per heavy atom. The molecule has 0 spiro atoms. The van der Waals surface area contributed by atoms with Gasteiger partial charge in [-0.05, 0) is 38.0 Å². The Morgan fingerprint density at radius 3 is 2.48 bits per heavy atom. The molecule has 0 amide bonds. The van der Waals surface area contributed by atoms with E-state index in [0.29, 0.717) is 59.1 Å². The zero-order valence-corrected chi connectivity index (χ0v) is 20.3. The third kappa shape index (κ3) is 5.88. The number of anilines is 1. The number of halogens is 2. The highest BCUT2D eigenvalue weighted by Crippen LogP contribution is 2.28. The van der Waals surface area contributed by atoms with E-state index in [2.05, 4.69) is 19.9 Å². The summed E-state index contributed by atoms with van der Waals surface area (Å²) < 4.78 is 5.11. The maximum absolute atomic E-state index is 12.7. The van der Waals surface area contributed by atoms with Crippen LogP contribution in [-0.2, 0) is 16.0 Å². The third-order valence-corrected chi connectivity index (χ3v) is 6.67. The van der Waals surface area contributed by atoms with Gasteiger partial charge in [0.05, 0.1) is 37.0 Å². The van der Waals surface area contributed by atoms with Crippen LogP contribution in [0.25, 0.3) is 11.3 Å². The molecule has 1 fully saturated rings. The number of esters is 1. The van der Waals surface area contributed by atoms with Crippen molar-refractivity contribution >= 4 is 52.1 Å². The molecule has 0 aliphatic carbocycles. The van der Waals surface area contributed by atoms with Crippen LogP contribution in [0.1, 0.15) is 35.3 Å². The first-order valence-electron chi connectivity index (χ1n) is 10.6. The molecule has 7 nitrogen and oxygen atoms in total. The van der Waals surface area contributed by atoms with E-state index in [1.54, 1.807) is 24.4 Å². The van der Waals surface area contributed by atoms with Gasteiger partial charge in [0.2, 0.25) is 0 Å².